The number of hydrogen-bond donors (Lipinski definition) is 0. The summed E-state index contributed by atoms with van der Waals surface area (Å²) in [6.45, 7) is 3.14. The molecule has 3 rings (SSSR count). The quantitative estimate of drug-likeness (QED) is 0.303. The van der Waals surface area contributed by atoms with Crippen LogP contribution in [0.2, 0.25) is 0 Å². The minimum absolute atomic E-state index is 0.00188. The molecule has 8 nitrogen and oxygen atoms in total. The number of benzene rings is 1. The van der Waals surface area contributed by atoms with Gasteiger partial charge in [-0.25, -0.2) is 0 Å². The van der Waals surface area contributed by atoms with Gasteiger partial charge in [0.05, 0.1) is 11.5 Å². The van der Waals surface area contributed by atoms with Gasteiger partial charge in [0.15, 0.2) is 0 Å². The number of amides is 2. The fraction of sp³-hybridized carbons (Fsp3) is 0.417. The highest BCUT2D eigenvalue weighted by molar-refractivity contribution is 5.94. The highest BCUT2D eigenvalue weighted by Crippen LogP contribution is 2.28. The summed E-state index contributed by atoms with van der Waals surface area (Å²) < 4.78 is 2.01. The fourth-order valence-corrected chi connectivity index (χ4v) is 3.49. The Kier molecular flexibility index (Phi) is 7.81. The Morgan fingerprint density at radius 2 is 1.94 bits per heavy atom. The molecule has 1 saturated carbocycles. The normalized spacial score (nSPS) is 13.3. The first-order valence-electron chi connectivity index (χ1n) is 11.0. The zero-order valence-electron chi connectivity index (χ0n) is 18.6. The van der Waals surface area contributed by atoms with Crippen LogP contribution in [0.25, 0.3) is 6.08 Å². The first-order chi connectivity index (χ1) is 15.4. The van der Waals surface area contributed by atoms with E-state index in [1.165, 1.54) is 18.2 Å². The zero-order valence-corrected chi connectivity index (χ0v) is 18.6. The molecule has 0 spiro atoms. The summed E-state index contributed by atoms with van der Waals surface area (Å²) in [7, 11) is 1.96. The highest BCUT2D eigenvalue weighted by atomic mass is 16.6. The molecule has 0 N–H and O–H groups in total. The Bertz CT molecular complexity index is 976. The third-order valence-corrected chi connectivity index (χ3v) is 5.63. The highest BCUT2D eigenvalue weighted by Gasteiger charge is 2.33. The average Bonchev–Trinajstić information content (AvgIpc) is 3.54. The van der Waals surface area contributed by atoms with E-state index in [2.05, 4.69) is 0 Å². The van der Waals surface area contributed by atoms with Crippen molar-refractivity contribution in [3.63, 3.8) is 0 Å². The molecule has 2 aromatic rings. The number of carbonyl (C=O) groups excluding carboxylic acids is 2. The molecule has 1 aliphatic rings. The van der Waals surface area contributed by atoms with Crippen molar-refractivity contribution in [2.24, 2.45) is 7.05 Å². The number of nitrogens with zero attached hydrogens (tertiary/aromatic N) is 4. The molecule has 0 atom stereocenters. The van der Waals surface area contributed by atoms with Crippen LogP contribution in [-0.2, 0) is 23.2 Å². The van der Waals surface area contributed by atoms with Crippen LogP contribution in [0.3, 0.4) is 0 Å². The number of carbonyl (C=O) groups is 2. The molecule has 1 heterocycles. The standard InChI is InChI=1S/C24H30N4O4/c1-3-4-16-26(23(29)14-9-19-7-10-21(11-8-19)28(31)32)18-24(30)27(20-12-13-20)17-22-6-5-15-25(22)2/h5-11,14-15,20H,3-4,12-13,16-18H2,1-2H3/b14-9+. The minimum atomic E-state index is -0.461. The smallest absolute Gasteiger partial charge is 0.269 e. The molecule has 0 radical (unpaired) electrons. The SMILES string of the molecule is CCCCN(CC(=O)N(Cc1cccn1C)C1CC1)C(=O)/C=C/c1ccc([N+](=O)[O-])cc1. The van der Waals surface area contributed by atoms with E-state index in [0.717, 1.165) is 31.4 Å². The Balaban J connectivity index is 1.67. The van der Waals surface area contributed by atoms with Crippen LogP contribution in [0.1, 0.15) is 43.9 Å². The van der Waals surface area contributed by atoms with Gasteiger partial charge in [-0.3, -0.25) is 19.7 Å². The number of nitro groups is 1. The number of aryl methyl sites for hydroxylation is 1. The van der Waals surface area contributed by atoms with Crippen LogP contribution in [0.4, 0.5) is 5.69 Å². The van der Waals surface area contributed by atoms with Gasteiger partial charge in [0.25, 0.3) is 5.69 Å². The third kappa shape index (κ3) is 6.29. The summed E-state index contributed by atoms with van der Waals surface area (Å²) in [5, 5.41) is 10.8. The minimum Gasteiger partial charge on any atom is -0.353 e. The Morgan fingerprint density at radius 1 is 1.22 bits per heavy atom. The van der Waals surface area contributed by atoms with Crippen LogP contribution in [-0.4, -0.2) is 50.2 Å². The number of unbranched alkanes of at least 4 members (excludes halogenated alkanes) is 1. The van der Waals surface area contributed by atoms with Crippen molar-refractivity contribution in [2.75, 3.05) is 13.1 Å². The van der Waals surface area contributed by atoms with Crippen molar-refractivity contribution in [3.05, 3.63) is 70.0 Å². The van der Waals surface area contributed by atoms with Crippen molar-refractivity contribution in [3.8, 4) is 0 Å². The number of nitro benzene ring substituents is 1. The first-order valence-corrected chi connectivity index (χ1v) is 11.0. The maximum Gasteiger partial charge on any atom is 0.269 e. The maximum atomic E-state index is 13.2. The third-order valence-electron chi connectivity index (χ3n) is 5.63. The van der Waals surface area contributed by atoms with E-state index in [0.29, 0.717) is 18.7 Å². The largest absolute Gasteiger partial charge is 0.353 e. The van der Waals surface area contributed by atoms with E-state index in [9.17, 15) is 19.7 Å². The number of hydrogen-bond acceptors (Lipinski definition) is 4. The number of rotatable bonds is 11. The lowest BCUT2D eigenvalue weighted by molar-refractivity contribution is -0.384. The van der Waals surface area contributed by atoms with Crippen LogP contribution in [0.5, 0.6) is 0 Å². The van der Waals surface area contributed by atoms with E-state index in [1.54, 1.807) is 23.1 Å². The summed E-state index contributed by atoms with van der Waals surface area (Å²) in [6.07, 6.45) is 8.75. The van der Waals surface area contributed by atoms with Crippen molar-refractivity contribution in [1.29, 1.82) is 0 Å². The van der Waals surface area contributed by atoms with Crippen LogP contribution >= 0.6 is 0 Å². The Labute approximate surface area is 188 Å². The van der Waals surface area contributed by atoms with Gasteiger partial charge in [0.1, 0.15) is 6.54 Å². The van der Waals surface area contributed by atoms with Gasteiger partial charge in [-0.1, -0.05) is 13.3 Å². The van der Waals surface area contributed by atoms with Crippen molar-refractivity contribution >= 4 is 23.6 Å². The van der Waals surface area contributed by atoms with Gasteiger partial charge >= 0.3 is 0 Å². The lowest BCUT2D eigenvalue weighted by atomic mass is 10.2. The fourth-order valence-electron chi connectivity index (χ4n) is 3.49. The second kappa shape index (κ2) is 10.7. The molecular weight excluding hydrogens is 408 g/mol. The van der Waals surface area contributed by atoms with E-state index >= 15 is 0 Å². The molecule has 0 aliphatic heterocycles. The molecule has 32 heavy (non-hydrogen) atoms. The van der Waals surface area contributed by atoms with Crippen LogP contribution in [0.15, 0.2) is 48.7 Å². The molecule has 1 aliphatic carbocycles. The summed E-state index contributed by atoms with van der Waals surface area (Å²) >= 11 is 0. The summed E-state index contributed by atoms with van der Waals surface area (Å²) in [5.74, 6) is -0.276. The molecule has 1 aromatic heterocycles. The van der Waals surface area contributed by atoms with Crippen molar-refractivity contribution < 1.29 is 14.5 Å². The predicted molar refractivity (Wildman–Crippen MR) is 123 cm³/mol. The molecule has 8 heteroatoms. The van der Waals surface area contributed by atoms with Crippen molar-refractivity contribution in [1.82, 2.24) is 14.4 Å². The molecule has 1 fully saturated rings. The van der Waals surface area contributed by atoms with Gasteiger partial charge in [0, 0.05) is 49.7 Å². The van der Waals surface area contributed by atoms with Gasteiger partial charge in [-0.05, 0) is 55.2 Å². The van der Waals surface area contributed by atoms with Gasteiger partial charge in [0.2, 0.25) is 11.8 Å². The Hall–Kier alpha value is -3.42. The van der Waals surface area contributed by atoms with E-state index < -0.39 is 4.92 Å². The topological polar surface area (TPSA) is 88.7 Å². The molecular formula is C24H30N4O4. The summed E-state index contributed by atoms with van der Waals surface area (Å²) in [5.41, 5.74) is 1.76. The molecule has 0 unspecified atom stereocenters. The Morgan fingerprint density at radius 3 is 2.50 bits per heavy atom. The molecule has 170 valence electrons. The predicted octanol–water partition coefficient (Wildman–Crippen LogP) is 3.77. The monoisotopic (exact) mass is 438 g/mol. The summed E-state index contributed by atoms with van der Waals surface area (Å²) in [6, 6.07) is 10.2. The summed E-state index contributed by atoms with van der Waals surface area (Å²) in [4.78, 5) is 39.8. The lowest BCUT2D eigenvalue weighted by Crippen LogP contribution is -2.43. The lowest BCUT2D eigenvalue weighted by Gasteiger charge is -2.27. The van der Waals surface area contributed by atoms with E-state index in [1.807, 2.05) is 41.8 Å². The maximum absolute atomic E-state index is 13.2. The van der Waals surface area contributed by atoms with Gasteiger partial charge in [-0.15, -0.1) is 0 Å². The van der Waals surface area contributed by atoms with Crippen LogP contribution < -0.4 is 0 Å². The van der Waals surface area contributed by atoms with Crippen molar-refractivity contribution in [2.45, 2.75) is 45.2 Å². The molecule has 0 bridgehead atoms. The second-order valence-corrected chi connectivity index (χ2v) is 8.16. The second-order valence-electron chi connectivity index (χ2n) is 8.16. The van der Waals surface area contributed by atoms with Gasteiger partial charge in [-0.2, -0.15) is 0 Å². The van der Waals surface area contributed by atoms with Crippen LogP contribution in [0, 0.1) is 10.1 Å². The first kappa shape index (κ1) is 23.2. The average molecular weight is 439 g/mol. The molecule has 2 amide bonds. The number of aromatic nitrogens is 1. The molecule has 0 saturated heterocycles. The molecule has 1 aromatic carbocycles. The zero-order chi connectivity index (χ0) is 23.1. The van der Waals surface area contributed by atoms with E-state index in [-0.39, 0.29) is 30.1 Å². The number of non-ortho nitro benzene ring substituents is 1. The van der Waals surface area contributed by atoms with E-state index in [4.69, 9.17) is 0 Å². The van der Waals surface area contributed by atoms with Gasteiger partial charge < -0.3 is 14.4 Å².